The van der Waals surface area contributed by atoms with E-state index in [2.05, 4.69) is 10.3 Å². The first kappa shape index (κ1) is 20.9. The largest absolute Gasteiger partial charge is 0.490 e. The molecule has 0 radical (unpaired) electrons. The van der Waals surface area contributed by atoms with Crippen LogP contribution in [0.4, 0.5) is 26.3 Å². The number of halogens is 6. The molecule has 1 fully saturated rings. The summed E-state index contributed by atoms with van der Waals surface area (Å²) < 4.78 is 85.6. The van der Waals surface area contributed by atoms with E-state index in [0.29, 0.717) is 11.8 Å². The number of hydrogen-bond donors (Lipinski definition) is 1. The number of pyridine rings is 1. The van der Waals surface area contributed by atoms with E-state index >= 15 is 0 Å². The average molecular weight is 415 g/mol. The molecular formula is C19H15F6N3O. The summed E-state index contributed by atoms with van der Waals surface area (Å²) in [6.45, 7) is -0.100. The Morgan fingerprint density at radius 3 is 2.52 bits per heavy atom. The Kier molecular flexibility index (Phi) is 5.71. The van der Waals surface area contributed by atoms with Gasteiger partial charge < -0.3 is 4.74 Å². The molecule has 3 unspecified atom stereocenters. The first-order chi connectivity index (χ1) is 13.6. The summed E-state index contributed by atoms with van der Waals surface area (Å²) in [4.78, 5) is 3.84. The van der Waals surface area contributed by atoms with Crippen molar-refractivity contribution in [3.8, 4) is 11.8 Å². The van der Waals surface area contributed by atoms with Crippen molar-refractivity contribution in [1.29, 1.82) is 5.26 Å². The van der Waals surface area contributed by atoms with Gasteiger partial charge in [-0.3, -0.25) is 10.3 Å². The lowest BCUT2D eigenvalue weighted by Crippen LogP contribution is -2.44. The van der Waals surface area contributed by atoms with E-state index in [9.17, 15) is 26.3 Å². The highest BCUT2D eigenvalue weighted by Crippen LogP contribution is 2.42. The zero-order chi connectivity index (χ0) is 21.2. The molecule has 1 N–H and O–H groups in total. The summed E-state index contributed by atoms with van der Waals surface area (Å²) in [5, 5.41) is 11.3. The van der Waals surface area contributed by atoms with Crippen molar-refractivity contribution >= 4 is 0 Å². The van der Waals surface area contributed by atoms with Crippen molar-refractivity contribution in [2.45, 2.75) is 36.8 Å². The number of aromatic nitrogens is 1. The van der Waals surface area contributed by atoms with Crippen LogP contribution in [0.2, 0.25) is 0 Å². The number of alkyl halides is 6. The molecule has 3 rings (SSSR count). The number of hydrogen-bond acceptors (Lipinski definition) is 4. The number of benzene rings is 1. The van der Waals surface area contributed by atoms with Crippen LogP contribution in [0.15, 0.2) is 42.7 Å². The molecule has 1 aliphatic rings. The molecule has 0 spiro atoms. The molecule has 1 aliphatic heterocycles. The molecule has 0 bridgehead atoms. The minimum Gasteiger partial charge on any atom is -0.490 e. The lowest BCUT2D eigenvalue weighted by atomic mass is 9.88. The molecule has 4 nitrogen and oxygen atoms in total. The van der Waals surface area contributed by atoms with Crippen molar-refractivity contribution in [1.82, 2.24) is 10.3 Å². The third-order valence-electron chi connectivity index (χ3n) is 4.69. The molecule has 2 heterocycles. The van der Waals surface area contributed by atoms with Gasteiger partial charge in [0.2, 0.25) is 0 Å². The van der Waals surface area contributed by atoms with Gasteiger partial charge in [0.15, 0.2) is 0 Å². The van der Waals surface area contributed by atoms with E-state index in [4.69, 9.17) is 10.00 Å². The van der Waals surface area contributed by atoms with Gasteiger partial charge in [0, 0.05) is 18.2 Å². The maximum Gasteiger partial charge on any atom is 0.417 e. The van der Waals surface area contributed by atoms with Crippen LogP contribution in [0.25, 0.3) is 0 Å². The fraction of sp³-hybridized carbons (Fsp3) is 0.368. The van der Waals surface area contributed by atoms with Crippen LogP contribution < -0.4 is 10.1 Å². The van der Waals surface area contributed by atoms with Crippen molar-refractivity contribution in [2.24, 2.45) is 0 Å². The number of nitrogens with one attached hydrogen (secondary N) is 1. The monoisotopic (exact) mass is 415 g/mol. The highest BCUT2D eigenvalue weighted by molar-refractivity contribution is 5.43. The van der Waals surface area contributed by atoms with Gasteiger partial charge in [0.1, 0.15) is 18.4 Å². The highest BCUT2D eigenvalue weighted by atomic mass is 19.4. The van der Waals surface area contributed by atoms with Crippen LogP contribution in [0.1, 0.15) is 29.0 Å². The first-order valence-corrected chi connectivity index (χ1v) is 8.56. The van der Waals surface area contributed by atoms with Crippen LogP contribution >= 0.6 is 0 Å². The first-order valence-electron chi connectivity index (χ1n) is 8.56. The highest BCUT2D eigenvalue weighted by Gasteiger charge is 2.51. The van der Waals surface area contributed by atoms with Gasteiger partial charge in [-0.2, -0.15) is 31.6 Å². The lowest BCUT2D eigenvalue weighted by Gasteiger charge is -2.23. The van der Waals surface area contributed by atoms with Crippen LogP contribution in [0.5, 0.6) is 5.75 Å². The van der Waals surface area contributed by atoms with Crippen LogP contribution in [-0.4, -0.2) is 29.9 Å². The fourth-order valence-electron chi connectivity index (χ4n) is 3.40. The van der Waals surface area contributed by atoms with Crippen LogP contribution in [0, 0.1) is 11.3 Å². The summed E-state index contributed by atoms with van der Waals surface area (Å²) in [7, 11) is 0. The smallest absolute Gasteiger partial charge is 0.417 e. The number of nitriles is 1. The Bertz CT molecular complexity index is 892. The minimum atomic E-state index is -4.84. The molecule has 0 amide bonds. The summed E-state index contributed by atoms with van der Waals surface area (Å²) in [6.07, 6.45) is -6.67. The van der Waals surface area contributed by atoms with Gasteiger partial charge in [-0.15, -0.1) is 0 Å². The van der Waals surface area contributed by atoms with Gasteiger partial charge >= 0.3 is 12.4 Å². The van der Waals surface area contributed by atoms with Crippen molar-refractivity contribution in [3.05, 3.63) is 59.4 Å². The molecule has 1 aromatic carbocycles. The van der Waals surface area contributed by atoms with Crippen molar-refractivity contribution in [3.63, 3.8) is 0 Å². The Balaban J connectivity index is 1.85. The molecule has 10 heteroatoms. The van der Waals surface area contributed by atoms with Crippen molar-refractivity contribution < 1.29 is 31.1 Å². The van der Waals surface area contributed by atoms with Gasteiger partial charge in [-0.25, -0.2) is 0 Å². The predicted molar refractivity (Wildman–Crippen MR) is 90.0 cm³/mol. The summed E-state index contributed by atoms with van der Waals surface area (Å²) >= 11 is 0. The number of rotatable bonds is 4. The molecule has 29 heavy (non-hydrogen) atoms. The Morgan fingerprint density at radius 2 is 1.93 bits per heavy atom. The minimum absolute atomic E-state index is 0.0758. The second kappa shape index (κ2) is 7.91. The maximum atomic E-state index is 13.5. The third kappa shape index (κ3) is 4.79. The zero-order valence-corrected chi connectivity index (χ0v) is 14.8. The van der Waals surface area contributed by atoms with E-state index in [1.54, 1.807) is 12.1 Å². The zero-order valence-electron chi connectivity index (χ0n) is 14.8. The second-order valence-electron chi connectivity index (χ2n) is 6.64. The topological polar surface area (TPSA) is 57.9 Å². The molecule has 1 aromatic heterocycles. The van der Waals surface area contributed by atoms with Gasteiger partial charge in [-0.05, 0) is 36.2 Å². The van der Waals surface area contributed by atoms with E-state index in [1.165, 1.54) is 18.5 Å². The van der Waals surface area contributed by atoms with Gasteiger partial charge in [0.25, 0.3) is 0 Å². The molecule has 0 aliphatic carbocycles. The number of nitrogens with zero attached hydrogens (tertiary/aromatic N) is 2. The Morgan fingerprint density at radius 1 is 1.17 bits per heavy atom. The second-order valence-corrected chi connectivity index (χ2v) is 6.64. The van der Waals surface area contributed by atoms with Gasteiger partial charge in [-0.1, -0.05) is 6.07 Å². The molecular weight excluding hydrogens is 400 g/mol. The summed E-state index contributed by atoms with van der Waals surface area (Å²) in [6, 6.07) is 4.55. The molecule has 3 atom stereocenters. The van der Waals surface area contributed by atoms with Crippen LogP contribution in [-0.2, 0) is 6.18 Å². The molecule has 2 aromatic rings. The Labute approximate surface area is 162 Å². The predicted octanol–water partition coefficient (Wildman–Crippen LogP) is 4.43. The lowest BCUT2D eigenvalue weighted by molar-refractivity contribution is -0.156. The maximum absolute atomic E-state index is 13.5. The third-order valence-corrected chi connectivity index (χ3v) is 4.69. The van der Waals surface area contributed by atoms with E-state index in [1.807, 2.05) is 0 Å². The van der Waals surface area contributed by atoms with E-state index in [0.717, 1.165) is 12.1 Å². The molecule has 1 saturated heterocycles. The summed E-state index contributed by atoms with van der Waals surface area (Å²) in [5.41, 5.74) is -2.00. The average Bonchev–Trinajstić information content (AvgIpc) is 3.11. The van der Waals surface area contributed by atoms with E-state index < -0.39 is 41.5 Å². The molecule has 0 saturated carbocycles. The normalized spacial score (nSPS) is 22.3. The summed E-state index contributed by atoms with van der Waals surface area (Å²) in [5.74, 6) is -0.870. The standard InChI is InChI=1S/C19H15F6N3O/c20-18(21,22)16-6-11(3-4-12(16)8-26)15-7-13(28-17(15)19(23,24)25)10-29-14-2-1-5-27-9-14/h1-6,9,13,15,17,28H,7,10H2. The Hall–Kier alpha value is -2.80. The molecule has 154 valence electrons. The SMILES string of the molecule is N#Cc1ccc(C2CC(COc3cccnc3)NC2C(F)(F)F)cc1C(F)(F)F. The van der Waals surface area contributed by atoms with E-state index in [-0.39, 0.29) is 18.6 Å². The van der Waals surface area contributed by atoms with Crippen molar-refractivity contribution in [2.75, 3.05) is 6.61 Å². The fourth-order valence-corrected chi connectivity index (χ4v) is 3.40. The van der Waals surface area contributed by atoms with Gasteiger partial charge in [0.05, 0.1) is 23.4 Å². The number of ether oxygens (including phenoxy) is 1. The van der Waals surface area contributed by atoms with Crippen LogP contribution in [0.3, 0.4) is 0 Å². The quantitative estimate of drug-likeness (QED) is 0.751.